The van der Waals surface area contributed by atoms with Crippen molar-refractivity contribution in [1.82, 2.24) is 4.98 Å². The lowest BCUT2D eigenvalue weighted by Crippen LogP contribution is -2.41. The topological polar surface area (TPSA) is 28.2 Å². The van der Waals surface area contributed by atoms with E-state index in [0.29, 0.717) is 0 Å². The molecule has 19 heavy (non-hydrogen) atoms. The molecule has 0 bridgehead atoms. The molecule has 1 aromatic rings. The molecule has 2 heterocycles. The second-order valence-corrected chi connectivity index (χ2v) is 5.97. The zero-order valence-electron chi connectivity index (χ0n) is 11.9. The predicted molar refractivity (Wildman–Crippen MR) is 80.7 cm³/mol. The molecule has 1 N–H and O–H groups in total. The van der Waals surface area contributed by atoms with E-state index in [-0.39, 0.29) is 0 Å². The van der Waals surface area contributed by atoms with Gasteiger partial charge in [-0.2, -0.15) is 0 Å². The number of pyridine rings is 1. The minimum atomic E-state index is 0.929. The predicted octanol–water partition coefficient (Wildman–Crippen LogP) is 3.53. The highest BCUT2D eigenvalue weighted by molar-refractivity contribution is 5.54. The molecule has 104 valence electrons. The van der Waals surface area contributed by atoms with Crippen molar-refractivity contribution < 1.29 is 0 Å². The second kappa shape index (κ2) is 5.81. The fourth-order valence-electron chi connectivity index (χ4n) is 3.73. The quantitative estimate of drug-likeness (QED) is 0.900. The normalized spacial score (nSPS) is 26.9. The third-order valence-corrected chi connectivity index (χ3v) is 4.76. The Labute approximate surface area is 116 Å². The van der Waals surface area contributed by atoms with Gasteiger partial charge < -0.3 is 10.2 Å². The molecule has 3 heteroatoms. The fraction of sp³-hybridized carbons (Fsp3) is 0.688. The summed E-state index contributed by atoms with van der Waals surface area (Å²) in [6.45, 7) is 5.51. The van der Waals surface area contributed by atoms with E-state index in [4.69, 9.17) is 0 Å². The Morgan fingerprint density at radius 3 is 2.95 bits per heavy atom. The second-order valence-electron chi connectivity index (χ2n) is 5.97. The first-order chi connectivity index (χ1) is 9.36. The van der Waals surface area contributed by atoms with Crippen LogP contribution in [0.2, 0.25) is 0 Å². The van der Waals surface area contributed by atoms with Crippen molar-refractivity contribution in [1.29, 1.82) is 0 Å². The molecular formula is C16H25N3. The summed E-state index contributed by atoms with van der Waals surface area (Å²) in [7, 11) is 0. The van der Waals surface area contributed by atoms with Gasteiger partial charge in [0.25, 0.3) is 0 Å². The van der Waals surface area contributed by atoms with Crippen LogP contribution in [0.1, 0.15) is 39.0 Å². The lowest BCUT2D eigenvalue weighted by Gasteiger charge is -2.42. The molecule has 0 spiro atoms. The van der Waals surface area contributed by atoms with Crippen LogP contribution in [0, 0.1) is 11.8 Å². The maximum Gasteiger partial charge on any atom is 0.127 e. The lowest BCUT2D eigenvalue weighted by atomic mass is 9.75. The van der Waals surface area contributed by atoms with Crippen LogP contribution >= 0.6 is 0 Å². The first-order valence-electron chi connectivity index (χ1n) is 7.81. The van der Waals surface area contributed by atoms with Crippen molar-refractivity contribution in [3.05, 3.63) is 18.3 Å². The Bertz CT molecular complexity index is 418. The maximum atomic E-state index is 4.37. The molecule has 1 aromatic heterocycles. The zero-order valence-corrected chi connectivity index (χ0v) is 11.9. The van der Waals surface area contributed by atoms with Crippen LogP contribution in [0.3, 0.4) is 0 Å². The number of anilines is 2. The van der Waals surface area contributed by atoms with E-state index in [0.717, 1.165) is 24.2 Å². The summed E-state index contributed by atoms with van der Waals surface area (Å²) in [5.41, 5.74) is 1.34. The average molecular weight is 259 g/mol. The van der Waals surface area contributed by atoms with Gasteiger partial charge in [-0.05, 0) is 37.7 Å². The van der Waals surface area contributed by atoms with Gasteiger partial charge in [0.05, 0.1) is 0 Å². The first kappa shape index (κ1) is 12.8. The molecule has 0 aromatic carbocycles. The molecule has 3 rings (SSSR count). The van der Waals surface area contributed by atoms with Gasteiger partial charge in [0.1, 0.15) is 5.82 Å². The van der Waals surface area contributed by atoms with Gasteiger partial charge >= 0.3 is 0 Å². The smallest absolute Gasteiger partial charge is 0.127 e. The summed E-state index contributed by atoms with van der Waals surface area (Å²) in [4.78, 5) is 6.93. The summed E-state index contributed by atoms with van der Waals surface area (Å²) in [5.74, 6) is 2.93. The first-order valence-corrected chi connectivity index (χ1v) is 7.81. The number of hydrogen-bond donors (Lipinski definition) is 1. The molecule has 2 aliphatic rings. The average Bonchev–Trinajstić information content (AvgIpc) is 2.47. The Morgan fingerprint density at radius 2 is 2.11 bits per heavy atom. The van der Waals surface area contributed by atoms with E-state index in [1.54, 1.807) is 0 Å². The van der Waals surface area contributed by atoms with E-state index in [1.165, 1.54) is 50.9 Å². The highest BCUT2D eigenvalue weighted by atomic mass is 15.1. The van der Waals surface area contributed by atoms with Gasteiger partial charge in [-0.25, -0.2) is 4.98 Å². The zero-order chi connectivity index (χ0) is 13.1. The number of aromatic nitrogens is 1. The summed E-state index contributed by atoms with van der Waals surface area (Å²) in [5, 5.41) is 3.31. The number of nitrogens with one attached hydrogen (secondary N) is 1. The summed E-state index contributed by atoms with van der Waals surface area (Å²) < 4.78 is 0. The summed E-state index contributed by atoms with van der Waals surface area (Å²) >= 11 is 0. The number of hydrogen-bond acceptors (Lipinski definition) is 3. The largest absolute Gasteiger partial charge is 0.371 e. The molecular weight excluding hydrogens is 234 g/mol. The number of nitrogens with zero attached hydrogens (tertiary/aromatic N) is 2. The van der Waals surface area contributed by atoms with E-state index in [9.17, 15) is 0 Å². The van der Waals surface area contributed by atoms with E-state index < -0.39 is 0 Å². The molecule has 1 saturated carbocycles. The van der Waals surface area contributed by atoms with Crippen molar-refractivity contribution in [2.24, 2.45) is 11.8 Å². The number of fused-ring (bicyclic) bond motifs is 1. The van der Waals surface area contributed by atoms with E-state index >= 15 is 0 Å². The standard InChI is InChI=1S/C16H25N3/c1-2-17-16-11-15(7-9-18-16)19-10-8-13-5-3-4-6-14(13)12-19/h7,9,11,13-14H,2-6,8,10,12H2,1H3,(H,17,18). The molecule has 2 fully saturated rings. The van der Waals surface area contributed by atoms with Gasteiger partial charge in [0.2, 0.25) is 0 Å². The SMILES string of the molecule is CCNc1cc(N2CCC3CCCCC3C2)ccn1. The van der Waals surface area contributed by atoms with Gasteiger partial charge in [-0.1, -0.05) is 19.3 Å². The van der Waals surface area contributed by atoms with Gasteiger partial charge in [0.15, 0.2) is 0 Å². The van der Waals surface area contributed by atoms with E-state index in [1.807, 2.05) is 6.20 Å². The molecule has 0 amide bonds. The van der Waals surface area contributed by atoms with Crippen LogP contribution in [0.25, 0.3) is 0 Å². The number of piperidine rings is 1. The molecule has 3 nitrogen and oxygen atoms in total. The van der Waals surface area contributed by atoms with E-state index in [2.05, 4.69) is 34.3 Å². The maximum absolute atomic E-state index is 4.37. The molecule has 1 aliphatic heterocycles. The monoisotopic (exact) mass is 259 g/mol. The van der Waals surface area contributed by atoms with Crippen LogP contribution < -0.4 is 10.2 Å². The van der Waals surface area contributed by atoms with Crippen LogP contribution in [-0.4, -0.2) is 24.6 Å². The molecule has 1 saturated heterocycles. The Balaban J connectivity index is 1.70. The van der Waals surface area contributed by atoms with Gasteiger partial charge in [-0.15, -0.1) is 0 Å². The van der Waals surface area contributed by atoms with Gasteiger partial charge in [0, 0.05) is 37.6 Å². The van der Waals surface area contributed by atoms with Crippen molar-refractivity contribution in [3.8, 4) is 0 Å². The van der Waals surface area contributed by atoms with Gasteiger partial charge in [-0.3, -0.25) is 0 Å². The Morgan fingerprint density at radius 1 is 1.26 bits per heavy atom. The van der Waals surface area contributed by atoms with Crippen LogP contribution in [0.5, 0.6) is 0 Å². The van der Waals surface area contributed by atoms with Crippen LogP contribution in [0.4, 0.5) is 11.5 Å². The molecule has 1 aliphatic carbocycles. The number of rotatable bonds is 3. The molecule has 2 atom stereocenters. The van der Waals surface area contributed by atoms with Crippen LogP contribution in [-0.2, 0) is 0 Å². The molecule has 0 radical (unpaired) electrons. The molecule has 2 unspecified atom stereocenters. The third kappa shape index (κ3) is 2.85. The third-order valence-electron chi connectivity index (χ3n) is 4.76. The van der Waals surface area contributed by atoms with Crippen molar-refractivity contribution >= 4 is 11.5 Å². The Hall–Kier alpha value is -1.25. The fourth-order valence-corrected chi connectivity index (χ4v) is 3.73. The highest BCUT2D eigenvalue weighted by Crippen LogP contribution is 2.37. The van der Waals surface area contributed by atoms with Crippen molar-refractivity contribution in [3.63, 3.8) is 0 Å². The minimum absolute atomic E-state index is 0.929. The van der Waals surface area contributed by atoms with Crippen LogP contribution in [0.15, 0.2) is 18.3 Å². The minimum Gasteiger partial charge on any atom is -0.371 e. The van der Waals surface area contributed by atoms with Crippen molar-refractivity contribution in [2.45, 2.75) is 39.0 Å². The Kier molecular flexibility index (Phi) is 3.90. The van der Waals surface area contributed by atoms with Crippen molar-refractivity contribution in [2.75, 3.05) is 29.9 Å². The highest BCUT2D eigenvalue weighted by Gasteiger charge is 2.31. The lowest BCUT2D eigenvalue weighted by molar-refractivity contribution is 0.202. The summed E-state index contributed by atoms with van der Waals surface area (Å²) in [6, 6.07) is 4.36. The summed E-state index contributed by atoms with van der Waals surface area (Å²) in [6.07, 6.45) is 9.11.